The fraction of sp³-hybridized carbons (Fsp3) is 0.867. The summed E-state index contributed by atoms with van der Waals surface area (Å²) in [5, 5.41) is 14.7. The molecule has 0 spiro atoms. The lowest BCUT2D eigenvalue weighted by molar-refractivity contribution is -0.137. The SMILES string of the molecule is CCCN1CCC(NC(=O)NC(CC(=O)O)C2CC2)CC1. The van der Waals surface area contributed by atoms with Crippen LogP contribution in [0.3, 0.4) is 0 Å². The Morgan fingerprint density at radius 3 is 2.43 bits per heavy atom. The van der Waals surface area contributed by atoms with E-state index in [1.54, 1.807) is 0 Å². The minimum absolute atomic E-state index is 0.0209. The molecule has 6 heteroatoms. The Balaban J connectivity index is 1.70. The summed E-state index contributed by atoms with van der Waals surface area (Å²) in [7, 11) is 0. The van der Waals surface area contributed by atoms with E-state index < -0.39 is 5.97 Å². The molecular weight excluding hydrogens is 270 g/mol. The van der Waals surface area contributed by atoms with Gasteiger partial charge in [-0.1, -0.05) is 6.92 Å². The van der Waals surface area contributed by atoms with E-state index in [0.717, 1.165) is 51.7 Å². The van der Waals surface area contributed by atoms with Crippen LogP contribution in [0.4, 0.5) is 4.79 Å². The van der Waals surface area contributed by atoms with Crippen molar-refractivity contribution in [1.82, 2.24) is 15.5 Å². The first-order valence-corrected chi connectivity index (χ1v) is 8.09. The molecule has 1 unspecified atom stereocenters. The molecule has 1 atom stereocenters. The highest BCUT2D eigenvalue weighted by molar-refractivity contribution is 5.76. The highest BCUT2D eigenvalue weighted by atomic mass is 16.4. The first-order valence-electron chi connectivity index (χ1n) is 8.09. The number of carboxylic acids is 1. The van der Waals surface area contributed by atoms with E-state index in [1.807, 2.05) is 0 Å². The lowest BCUT2D eigenvalue weighted by atomic mass is 10.0. The smallest absolute Gasteiger partial charge is 0.315 e. The molecule has 6 nitrogen and oxygen atoms in total. The second-order valence-corrected chi connectivity index (χ2v) is 6.28. The summed E-state index contributed by atoms with van der Waals surface area (Å²) in [5.41, 5.74) is 0. The molecule has 3 N–H and O–H groups in total. The van der Waals surface area contributed by atoms with Gasteiger partial charge >= 0.3 is 12.0 Å². The molecule has 1 aliphatic heterocycles. The predicted molar refractivity (Wildman–Crippen MR) is 80.2 cm³/mol. The number of urea groups is 1. The average molecular weight is 297 g/mol. The molecule has 1 saturated carbocycles. The van der Waals surface area contributed by atoms with E-state index >= 15 is 0 Å². The fourth-order valence-corrected chi connectivity index (χ4v) is 3.03. The van der Waals surface area contributed by atoms with Crippen LogP contribution >= 0.6 is 0 Å². The normalized spacial score (nSPS) is 21.8. The zero-order valence-electron chi connectivity index (χ0n) is 12.8. The second kappa shape index (κ2) is 7.64. The van der Waals surface area contributed by atoms with Crippen molar-refractivity contribution in [2.24, 2.45) is 5.92 Å². The van der Waals surface area contributed by atoms with Gasteiger partial charge in [0.1, 0.15) is 0 Å². The molecule has 1 aliphatic carbocycles. The maximum Gasteiger partial charge on any atom is 0.315 e. The molecule has 21 heavy (non-hydrogen) atoms. The third kappa shape index (κ3) is 5.53. The maximum atomic E-state index is 12.0. The number of hydrogen-bond donors (Lipinski definition) is 3. The Kier molecular flexibility index (Phi) is 5.85. The van der Waals surface area contributed by atoms with Gasteiger partial charge < -0.3 is 20.6 Å². The zero-order valence-corrected chi connectivity index (χ0v) is 12.8. The summed E-state index contributed by atoms with van der Waals surface area (Å²) in [6, 6.07) is -0.215. The topological polar surface area (TPSA) is 81.7 Å². The van der Waals surface area contributed by atoms with Gasteiger partial charge in [0.05, 0.1) is 6.42 Å². The lowest BCUT2D eigenvalue weighted by Gasteiger charge is -2.32. The van der Waals surface area contributed by atoms with Gasteiger partial charge in [0.25, 0.3) is 0 Å². The van der Waals surface area contributed by atoms with Gasteiger partial charge in [-0.05, 0) is 44.6 Å². The van der Waals surface area contributed by atoms with E-state index in [1.165, 1.54) is 0 Å². The fourth-order valence-electron chi connectivity index (χ4n) is 3.03. The Morgan fingerprint density at radius 1 is 1.24 bits per heavy atom. The van der Waals surface area contributed by atoms with Gasteiger partial charge in [0.15, 0.2) is 0 Å². The summed E-state index contributed by atoms with van der Waals surface area (Å²) in [4.78, 5) is 25.3. The largest absolute Gasteiger partial charge is 0.481 e. The minimum atomic E-state index is -0.847. The molecule has 2 amide bonds. The highest BCUT2D eigenvalue weighted by Crippen LogP contribution is 2.34. The van der Waals surface area contributed by atoms with Crippen LogP contribution in [0.15, 0.2) is 0 Å². The molecule has 2 rings (SSSR count). The lowest BCUT2D eigenvalue weighted by Crippen LogP contribution is -2.50. The van der Waals surface area contributed by atoms with Crippen LogP contribution in [0.2, 0.25) is 0 Å². The van der Waals surface area contributed by atoms with Gasteiger partial charge in [0.2, 0.25) is 0 Å². The van der Waals surface area contributed by atoms with E-state index in [4.69, 9.17) is 5.11 Å². The van der Waals surface area contributed by atoms with Crippen LogP contribution in [0.1, 0.15) is 45.4 Å². The number of aliphatic carboxylic acids is 1. The van der Waals surface area contributed by atoms with Crippen LogP contribution in [-0.2, 0) is 4.79 Å². The van der Waals surface area contributed by atoms with Crippen molar-refractivity contribution < 1.29 is 14.7 Å². The third-order valence-corrected chi connectivity index (χ3v) is 4.36. The number of carbonyl (C=O) groups is 2. The molecule has 1 heterocycles. The number of likely N-dealkylation sites (tertiary alicyclic amines) is 1. The van der Waals surface area contributed by atoms with Gasteiger partial charge in [-0.15, -0.1) is 0 Å². The third-order valence-electron chi connectivity index (χ3n) is 4.36. The molecular formula is C15H27N3O3. The number of nitrogens with zero attached hydrogens (tertiary/aromatic N) is 1. The van der Waals surface area contributed by atoms with Crippen molar-refractivity contribution in [1.29, 1.82) is 0 Å². The minimum Gasteiger partial charge on any atom is -0.481 e. The summed E-state index contributed by atoms with van der Waals surface area (Å²) in [6.07, 6.45) is 5.17. The second-order valence-electron chi connectivity index (χ2n) is 6.28. The molecule has 0 bridgehead atoms. The van der Waals surface area contributed by atoms with Crippen molar-refractivity contribution in [3.8, 4) is 0 Å². The number of piperidine rings is 1. The molecule has 0 radical (unpaired) electrons. The zero-order chi connectivity index (χ0) is 15.2. The van der Waals surface area contributed by atoms with Crippen molar-refractivity contribution in [2.45, 2.75) is 57.5 Å². The van der Waals surface area contributed by atoms with Crippen LogP contribution < -0.4 is 10.6 Å². The number of rotatable bonds is 7. The van der Waals surface area contributed by atoms with Gasteiger partial charge in [-0.25, -0.2) is 4.79 Å². The van der Waals surface area contributed by atoms with Gasteiger partial charge in [-0.2, -0.15) is 0 Å². The van der Waals surface area contributed by atoms with E-state index in [0.29, 0.717) is 5.92 Å². The number of carboxylic acid groups (broad SMARTS) is 1. The summed E-state index contributed by atoms with van der Waals surface area (Å²) in [5.74, 6) is -0.502. The summed E-state index contributed by atoms with van der Waals surface area (Å²) in [6.45, 7) is 5.36. The molecule has 0 aromatic heterocycles. The van der Waals surface area contributed by atoms with Crippen LogP contribution in [0.25, 0.3) is 0 Å². The van der Waals surface area contributed by atoms with Crippen molar-refractivity contribution in [2.75, 3.05) is 19.6 Å². The molecule has 2 fully saturated rings. The standard InChI is InChI=1S/C15H27N3O3/c1-2-7-18-8-5-12(6-9-18)16-15(21)17-13(10-14(19)20)11-3-4-11/h11-13H,2-10H2,1H3,(H,19,20)(H2,16,17,21). The number of hydrogen-bond acceptors (Lipinski definition) is 3. The van der Waals surface area contributed by atoms with E-state index in [-0.39, 0.29) is 24.5 Å². The number of carbonyl (C=O) groups excluding carboxylic acids is 1. The number of amides is 2. The Labute approximate surface area is 126 Å². The monoisotopic (exact) mass is 297 g/mol. The first-order chi connectivity index (χ1) is 10.1. The molecule has 2 aliphatic rings. The Hall–Kier alpha value is -1.30. The average Bonchev–Trinajstić information content (AvgIpc) is 3.24. The first kappa shape index (κ1) is 16.1. The molecule has 1 saturated heterocycles. The van der Waals surface area contributed by atoms with Crippen LogP contribution in [-0.4, -0.2) is 53.7 Å². The van der Waals surface area contributed by atoms with Crippen LogP contribution in [0, 0.1) is 5.92 Å². The quantitative estimate of drug-likeness (QED) is 0.663. The van der Waals surface area contributed by atoms with Gasteiger partial charge in [-0.3, -0.25) is 4.79 Å². The van der Waals surface area contributed by atoms with Crippen molar-refractivity contribution in [3.05, 3.63) is 0 Å². The van der Waals surface area contributed by atoms with Crippen LogP contribution in [0.5, 0.6) is 0 Å². The highest BCUT2D eigenvalue weighted by Gasteiger charge is 2.34. The predicted octanol–water partition coefficient (Wildman–Crippen LogP) is 1.41. The molecule has 0 aromatic rings. The maximum absolute atomic E-state index is 12.0. The number of nitrogens with one attached hydrogen (secondary N) is 2. The molecule has 0 aromatic carbocycles. The summed E-state index contributed by atoms with van der Waals surface area (Å²) >= 11 is 0. The summed E-state index contributed by atoms with van der Waals surface area (Å²) < 4.78 is 0. The molecule has 120 valence electrons. The van der Waals surface area contributed by atoms with Crippen molar-refractivity contribution >= 4 is 12.0 Å². The Morgan fingerprint density at radius 2 is 1.90 bits per heavy atom. The van der Waals surface area contributed by atoms with Crippen molar-refractivity contribution in [3.63, 3.8) is 0 Å². The van der Waals surface area contributed by atoms with E-state index in [9.17, 15) is 9.59 Å². The van der Waals surface area contributed by atoms with E-state index in [2.05, 4.69) is 22.5 Å². The van der Waals surface area contributed by atoms with Gasteiger partial charge in [0, 0.05) is 25.2 Å². The Bertz CT molecular complexity index is 363.